The summed E-state index contributed by atoms with van der Waals surface area (Å²) in [6.07, 6.45) is 3.59. The van der Waals surface area contributed by atoms with Crippen molar-refractivity contribution in [3.8, 4) is 11.1 Å². The number of hydrogen-bond donors (Lipinski definition) is 2. The van der Waals surface area contributed by atoms with Gasteiger partial charge in [-0.1, -0.05) is 17.7 Å². The Hall–Kier alpha value is -2.27. The van der Waals surface area contributed by atoms with Crippen LogP contribution >= 0.6 is 11.6 Å². The smallest absolute Gasteiger partial charge is 0.160 e. The van der Waals surface area contributed by atoms with Crippen LogP contribution in [-0.4, -0.2) is 21.6 Å². The Labute approximate surface area is 121 Å². The first-order valence-electron chi connectivity index (χ1n) is 6.18. The minimum Gasteiger partial charge on any atom is -0.399 e. The van der Waals surface area contributed by atoms with Gasteiger partial charge >= 0.3 is 0 Å². The Balaban J connectivity index is 2.30. The quantitative estimate of drug-likeness (QED) is 0.711. The lowest BCUT2D eigenvalue weighted by molar-refractivity contribution is 0.945. The van der Waals surface area contributed by atoms with E-state index in [0.717, 1.165) is 28.2 Å². The third-order valence-electron chi connectivity index (χ3n) is 3.22. The summed E-state index contributed by atoms with van der Waals surface area (Å²) in [5.41, 5.74) is 9.97. The van der Waals surface area contributed by atoms with Gasteiger partial charge in [-0.2, -0.15) is 9.61 Å². The lowest BCUT2D eigenvalue weighted by Gasteiger charge is -2.12. The van der Waals surface area contributed by atoms with Crippen molar-refractivity contribution >= 4 is 28.8 Å². The van der Waals surface area contributed by atoms with Crippen molar-refractivity contribution in [3.05, 3.63) is 41.2 Å². The van der Waals surface area contributed by atoms with Crippen molar-refractivity contribution in [1.29, 1.82) is 0 Å². The summed E-state index contributed by atoms with van der Waals surface area (Å²) in [6.45, 7) is 1.98. The Morgan fingerprint density at radius 1 is 1.25 bits per heavy atom. The molecule has 0 unspecified atom stereocenters. The van der Waals surface area contributed by atoms with Crippen LogP contribution in [0.5, 0.6) is 0 Å². The minimum absolute atomic E-state index is 0.589. The third-order valence-corrected chi connectivity index (χ3v) is 3.54. The minimum atomic E-state index is 0.589. The van der Waals surface area contributed by atoms with Crippen LogP contribution in [0, 0.1) is 6.92 Å². The molecular formula is C14H14ClN5. The molecule has 0 saturated carbocycles. The van der Waals surface area contributed by atoms with Gasteiger partial charge in [0.05, 0.1) is 11.2 Å². The summed E-state index contributed by atoms with van der Waals surface area (Å²) in [5.74, 6) is 0.842. The number of fused-ring (bicyclic) bond motifs is 1. The predicted octanol–water partition coefficient (Wildman–Crippen LogP) is 2.98. The summed E-state index contributed by atoms with van der Waals surface area (Å²) in [7, 11) is 1.85. The van der Waals surface area contributed by atoms with Gasteiger partial charge in [0.25, 0.3) is 0 Å². The molecule has 1 aromatic carbocycles. The molecule has 3 rings (SSSR count). The molecule has 5 nitrogen and oxygen atoms in total. The summed E-state index contributed by atoms with van der Waals surface area (Å²) >= 11 is 6.28. The van der Waals surface area contributed by atoms with E-state index < -0.39 is 0 Å². The molecule has 0 spiro atoms. The average molecular weight is 288 g/mol. The molecule has 0 fully saturated rings. The van der Waals surface area contributed by atoms with Gasteiger partial charge < -0.3 is 11.1 Å². The Bertz CT molecular complexity index is 794. The number of nitrogens with two attached hydrogens (primary N) is 1. The predicted molar refractivity (Wildman–Crippen MR) is 82.1 cm³/mol. The molecule has 20 heavy (non-hydrogen) atoms. The summed E-state index contributed by atoms with van der Waals surface area (Å²) in [5, 5.41) is 8.10. The number of benzene rings is 1. The second kappa shape index (κ2) is 4.68. The molecule has 3 aromatic rings. The van der Waals surface area contributed by atoms with Gasteiger partial charge in [0.1, 0.15) is 5.82 Å². The zero-order chi connectivity index (χ0) is 14.3. The Kier molecular flexibility index (Phi) is 2.99. The van der Waals surface area contributed by atoms with E-state index in [2.05, 4.69) is 15.4 Å². The molecule has 0 aliphatic carbocycles. The number of nitrogens with one attached hydrogen (secondary N) is 1. The molecule has 0 aliphatic rings. The second-order valence-electron chi connectivity index (χ2n) is 4.57. The van der Waals surface area contributed by atoms with E-state index in [1.807, 2.05) is 26.1 Å². The van der Waals surface area contributed by atoms with Crippen LogP contribution in [-0.2, 0) is 0 Å². The topological polar surface area (TPSA) is 68.2 Å². The number of anilines is 2. The van der Waals surface area contributed by atoms with Crippen molar-refractivity contribution in [3.63, 3.8) is 0 Å². The monoisotopic (exact) mass is 287 g/mol. The summed E-state index contributed by atoms with van der Waals surface area (Å²) in [6, 6.07) is 5.44. The van der Waals surface area contributed by atoms with Gasteiger partial charge in [-0.15, -0.1) is 0 Å². The van der Waals surface area contributed by atoms with Crippen LogP contribution in [0.3, 0.4) is 0 Å². The zero-order valence-electron chi connectivity index (χ0n) is 11.2. The van der Waals surface area contributed by atoms with E-state index in [-0.39, 0.29) is 0 Å². The number of hydrogen-bond acceptors (Lipinski definition) is 4. The highest BCUT2D eigenvalue weighted by Gasteiger charge is 2.14. The van der Waals surface area contributed by atoms with Gasteiger partial charge in [0.15, 0.2) is 5.65 Å². The van der Waals surface area contributed by atoms with Crippen molar-refractivity contribution < 1.29 is 0 Å². The van der Waals surface area contributed by atoms with E-state index in [1.54, 1.807) is 23.0 Å². The molecule has 6 heteroatoms. The average Bonchev–Trinajstić information content (AvgIpc) is 2.80. The molecule has 0 radical (unpaired) electrons. The number of nitrogens with zero attached hydrogens (tertiary/aromatic N) is 3. The van der Waals surface area contributed by atoms with Gasteiger partial charge in [-0.25, -0.2) is 4.98 Å². The van der Waals surface area contributed by atoms with Crippen LogP contribution < -0.4 is 11.1 Å². The van der Waals surface area contributed by atoms with E-state index >= 15 is 0 Å². The fourth-order valence-electron chi connectivity index (χ4n) is 2.23. The lowest BCUT2D eigenvalue weighted by atomic mass is 10.1. The first-order chi connectivity index (χ1) is 9.61. The maximum Gasteiger partial charge on any atom is 0.160 e. The Morgan fingerprint density at radius 2 is 2.05 bits per heavy atom. The first kappa shape index (κ1) is 12.7. The van der Waals surface area contributed by atoms with Crippen LogP contribution in [0.25, 0.3) is 16.8 Å². The first-order valence-corrected chi connectivity index (χ1v) is 6.56. The number of nitrogen functional groups attached to an aromatic ring is 1. The number of halogens is 1. The largest absolute Gasteiger partial charge is 0.399 e. The molecule has 3 N–H and O–H groups in total. The molecule has 2 heterocycles. The molecule has 0 aliphatic heterocycles. The van der Waals surface area contributed by atoms with E-state index in [9.17, 15) is 0 Å². The maximum atomic E-state index is 6.28. The molecule has 0 bridgehead atoms. The van der Waals surface area contributed by atoms with Crippen LogP contribution in [0.15, 0.2) is 30.6 Å². The standard InChI is InChI=1S/C14H14ClN5/c1-8-6-19-20-13(8)18-7-11(14(20)17-2)10-4-3-9(16)5-12(10)15/h3-7,17H,16H2,1-2H3. The zero-order valence-corrected chi connectivity index (χ0v) is 11.9. The van der Waals surface area contributed by atoms with E-state index in [1.165, 1.54) is 0 Å². The normalized spacial score (nSPS) is 10.9. The SMILES string of the molecule is CNc1c(-c2ccc(N)cc2Cl)cnc2c(C)cnn12. The van der Waals surface area contributed by atoms with Crippen molar-refractivity contribution in [1.82, 2.24) is 14.6 Å². The highest BCUT2D eigenvalue weighted by atomic mass is 35.5. The fraction of sp³-hybridized carbons (Fsp3) is 0.143. The highest BCUT2D eigenvalue weighted by molar-refractivity contribution is 6.33. The molecule has 102 valence electrons. The van der Waals surface area contributed by atoms with Crippen LogP contribution in [0.2, 0.25) is 5.02 Å². The molecule has 0 amide bonds. The van der Waals surface area contributed by atoms with E-state index in [4.69, 9.17) is 17.3 Å². The van der Waals surface area contributed by atoms with E-state index in [0.29, 0.717) is 10.7 Å². The highest BCUT2D eigenvalue weighted by Crippen LogP contribution is 2.34. The molecular weight excluding hydrogens is 274 g/mol. The fourth-order valence-corrected chi connectivity index (χ4v) is 2.52. The van der Waals surface area contributed by atoms with Gasteiger partial charge in [-0.3, -0.25) is 0 Å². The summed E-state index contributed by atoms with van der Waals surface area (Å²) in [4.78, 5) is 4.46. The molecule has 2 aromatic heterocycles. The summed E-state index contributed by atoms with van der Waals surface area (Å²) < 4.78 is 1.78. The Morgan fingerprint density at radius 3 is 2.75 bits per heavy atom. The number of aryl methyl sites for hydroxylation is 1. The van der Waals surface area contributed by atoms with Crippen molar-refractivity contribution in [2.45, 2.75) is 6.92 Å². The van der Waals surface area contributed by atoms with Crippen LogP contribution in [0.1, 0.15) is 5.56 Å². The third kappa shape index (κ3) is 1.87. The van der Waals surface area contributed by atoms with Crippen molar-refractivity contribution in [2.24, 2.45) is 0 Å². The van der Waals surface area contributed by atoms with Gasteiger partial charge in [0.2, 0.25) is 0 Å². The van der Waals surface area contributed by atoms with Crippen LogP contribution in [0.4, 0.5) is 11.5 Å². The molecule has 0 atom stereocenters. The van der Waals surface area contributed by atoms with Gasteiger partial charge in [-0.05, 0) is 19.1 Å². The maximum absolute atomic E-state index is 6.28. The van der Waals surface area contributed by atoms with Crippen molar-refractivity contribution in [2.75, 3.05) is 18.1 Å². The molecule has 0 saturated heterocycles. The van der Waals surface area contributed by atoms with Gasteiger partial charge in [0, 0.05) is 35.6 Å². The number of rotatable bonds is 2. The second-order valence-corrected chi connectivity index (χ2v) is 4.98. The lowest BCUT2D eigenvalue weighted by Crippen LogP contribution is -2.03. The number of aromatic nitrogens is 3.